The van der Waals surface area contributed by atoms with Crippen LogP contribution in [-0.4, -0.2) is 24.3 Å². The van der Waals surface area contributed by atoms with Crippen LogP contribution in [0.25, 0.3) is 0 Å². The largest absolute Gasteiger partial charge is 0.396 e. The molecule has 0 unspecified atom stereocenters. The van der Waals surface area contributed by atoms with Gasteiger partial charge >= 0.3 is 0 Å². The van der Waals surface area contributed by atoms with E-state index in [4.69, 9.17) is 5.11 Å². The van der Waals surface area contributed by atoms with Crippen LogP contribution in [0.5, 0.6) is 0 Å². The normalized spacial score (nSPS) is 21.2. The van der Waals surface area contributed by atoms with Crippen molar-refractivity contribution in [1.29, 1.82) is 0 Å². The molecule has 1 rings (SSSR count). The van der Waals surface area contributed by atoms with Crippen molar-refractivity contribution in [3.63, 3.8) is 0 Å². The van der Waals surface area contributed by atoms with Gasteiger partial charge in [-0.25, -0.2) is 0 Å². The first-order valence-corrected chi connectivity index (χ1v) is 6.69. The number of nitrogens with one attached hydrogen (secondary N) is 1. The molecule has 0 heterocycles. The molecule has 1 atom stereocenters. The second kappa shape index (κ2) is 8.12. The maximum atomic E-state index is 8.69. The minimum Gasteiger partial charge on any atom is -0.396 e. The lowest BCUT2D eigenvalue weighted by Gasteiger charge is -2.23. The van der Waals surface area contributed by atoms with Crippen LogP contribution >= 0.6 is 0 Å². The quantitative estimate of drug-likeness (QED) is 0.525. The van der Waals surface area contributed by atoms with Crippen LogP contribution in [0.3, 0.4) is 0 Å². The molecular formula is C13H27NO. The Labute approximate surface area is 94.5 Å². The molecule has 15 heavy (non-hydrogen) atoms. The van der Waals surface area contributed by atoms with Crippen molar-refractivity contribution in [3.8, 4) is 0 Å². The summed E-state index contributed by atoms with van der Waals surface area (Å²) in [6, 6.07) is 0.668. The Kier molecular flexibility index (Phi) is 7.03. The summed E-state index contributed by atoms with van der Waals surface area (Å²) in [6.45, 7) is 3.73. The summed E-state index contributed by atoms with van der Waals surface area (Å²) in [4.78, 5) is 0. The van der Waals surface area contributed by atoms with Gasteiger partial charge < -0.3 is 10.4 Å². The van der Waals surface area contributed by atoms with E-state index in [1.54, 1.807) is 0 Å². The fourth-order valence-electron chi connectivity index (χ4n) is 2.54. The molecule has 1 saturated carbocycles. The molecule has 0 aliphatic heterocycles. The topological polar surface area (TPSA) is 32.3 Å². The van der Waals surface area contributed by atoms with E-state index < -0.39 is 0 Å². The number of hydrogen-bond donors (Lipinski definition) is 2. The van der Waals surface area contributed by atoms with Crippen molar-refractivity contribution in [3.05, 3.63) is 0 Å². The number of unbranched alkanes of at least 4 members (excludes halogenated alkanes) is 1. The van der Waals surface area contributed by atoms with Gasteiger partial charge in [0.15, 0.2) is 0 Å². The highest BCUT2D eigenvalue weighted by Crippen LogP contribution is 2.25. The average Bonchev–Trinajstić information content (AvgIpc) is 2.52. The van der Waals surface area contributed by atoms with Crippen molar-refractivity contribution < 1.29 is 5.11 Å². The molecule has 90 valence electrons. The van der Waals surface area contributed by atoms with Crippen LogP contribution in [0, 0.1) is 5.92 Å². The van der Waals surface area contributed by atoms with Gasteiger partial charge in [-0.3, -0.25) is 0 Å². The lowest BCUT2D eigenvalue weighted by Crippen LogP contribution is -2.34. The first-order valence-electron chi connectivity index (χ1n) is 6.69. The lowest BCUT2D eigenvalue weighted by atomic mass is 9.93. The second-order valence-electron chi connectivity index (χ2n) is 4.93. The summed E-state index contributed by atoms with van der Waals surface area (Å²) in [5.41, 5.74) is 0. The fraction of sp³-hybridized carbons (Fsp3) is 1.00. The Bertz CT molecular complexity index is 141. The summed E-state index contributed by atoms with van der Waals surface area (Å²) < 4.78 is 0. The fourth-order valence-corrected chi connectivity index (χ4v) is 2.54. The van der Waals surface area contributed by atoms with Gasteiger partial charge in [0.05, 0.1) is 0 Å². The second-order valence-corrected chi connectivity index (χ2v) is 4.93. The van der Waals surface area contributed by atoms with Crippen LogP contribution in [0.15, 0.2) is 0 Å². The smallest absolute Gasteiger partial charge is 0.0431 e. The van der Waals surface area contributed by atoms with E-state index in [0.717, 1.165) is 25.3 Å². The molecular weight excluding hydrogens is 186 g/mol. The van der Waals surface area contributed by atoms with E-state index >= 15 is 0 Å². The van der Waals surface area contributed by atoms with Crippen LogP contribution < -0.4 is 5.32 Å². The molecule has 0 bridgehead atoms. The molecule has 0 aromatic heterocycles. The van der Waals surface area contributed by atoms with Gasteiger partial charge in [-0.1, -0.05) is 25.7 Å². The molecule has 2 heteroatoms. The Morgan fingerprint density at radius 1 is 1.13 bits per heavy atom. The zero-order valence-electron chi connectivity index (χ0n) is 10.2. The monoisotopic (exact) mass is 213 g/mol. The molecule has 2 nitrogen and oxygen atoms in total. The minimum atomic E-state index is 0.333. The molecule has 2 N–H and O–H groups in total. The predicted octanol–water partition coefficient (Wildman–Crippen LogP) is 2.71. The highest BCUT2D eigenvalue weighted by atomic mass is 16.2. The summed E-state index contributed by atoms with van der Waals surface area (Å²) >= 11 is 0. The van der Waals surface area contributed by atoms with Gasteiger partial charge in [-0.2, -0.15) is 0 Å². The van der Waals surface area contributed by atoms with E-state index in [0.29, 0.717) is 12.6 Å². The van der Waals surface area contributed by atoms with Gasteiger partial charge in [0.2, 0.25) is 0 Å². The van der Waals surface area contributed by atoms with E-state index in [1.165, 1.54) is 38.5 Å². The highest BCUT2D eigenvalue weighted by molar-refractivity contribution is 4.74. The van der Waals surface area contributed by atoms with Crippen molar-refractivity contribution in [2.75, 3.05) is 13.2 Å². The molecule has 0 spiro atoms. The molecule has 0 aromatic rings. The van der Waals surface area contributed by atoms with Crippen LogP contribution in [-0.2, 0) is 0 Å². The number of hydrogen-bond acceptors (Lipinski definition) is 2. The molecule has 0 aromatic carbocycles. The van der Waals surface area contributed by atoms with E-state index in [2.05, 4.69) is 12.2 Å². The maximum absolute atomic E-state index is 8.69. The zero-order chi connectivity index (χ0) is 10.9. The highest BCUT2D eigenvalue weighted by Gasteiger charge is 2.17. The Morgan fingerprint density at radius 2 is 1.80 bits per heavy atom. The van der Waals surface area contributed by atoms with E-state index in [9.17, 15) is 0 Å². The Balaban J connectivity index is 2.11. The summed E-state index contributed by atoms with van der Waals surface area (Å²) in [5.74, 6) is 0.890. The maximum Gasteiger partial charge on any atom is 0.0431 e. The van der Waals surface area contributed by atoms with Gasteiger partial charge in [-0.05, 0) is 45.1 Å². The van der Waals surface area contributed by atoms with E-state index in [-0.39, 0.29) is 0 Å². The first-order chi connectivity index (χ1) is 7.34. The van der Waals surface area contributed by atoms with Crippen molar-refractivity contribution in [2.24, 2.45) is 5.92 Å². The van der Waals surface area contributed by atoms with Crippen molar-refractivity contribution in [1.82, 2.24) is 5.32 Å². The Morgan fingerprint density at radius 3 is 2.40 bits per heavy atom. The summed E-state index contributed by atoms with van der Waals surface area (Å²) in [5, 5.41) is 12.3. The summed E-state index contributed by atoms with van der Waals surface area (Å²) in [7, 11) is 0. The number of aliphatic hydroxyl groups excluding tert-OH is 1. The van der Waals surface area contributed by atoms with Crippen LogP contribution in [0.1, 0.15) is 58.3 Å². The molecule has 1 aliphatic rings. The lowest BCUT2D eigenvalue weighted by molar-refractivity contribution is 0.278. The SMILES string of the molecule is C[C@H](NCCCCO)C1CCCCCC1. The molecule has 0 saturated heterocycles. The van der Waals surface area contributed by atoms with Crippen molar-refractivity contribution >= 4 is 0 Å². The standard InChI is InChI=1S/C13H27NO/c1-12(14-10-6-7-11-15)13-8-4-2-3-5-9-13/h12-15H,2-11H2,1H3/t12-/m0/s1. The number of aliphatic hydroxyl groups is 1. The molecule has 1 fully saturated rings. The van der Waals surface area contributed by atoms with Crippen LogP contribution in [0.2, 0.25) is 0 Å². The van der Waals surface area contributed by atoms with Gasteiger partial charge in [0.25, 0.3) is 0 Å². The van der Waals surface area contributed by atoms with Gasteiger partial charge in [0, 0.05) is 12.6 Å². The summed E-state index contributed by atoms with van der Waals surface area (Å²) in [6.07, 6.45) is 10.6. The van der Waals surface area contributed by atoms with Crippen molar-refractivity contribution in [2.45, 2.75) is 64.3 Å². The third kappa shape index (κ3) is 5.53. The van der Waals surface area contributed by atoms with Crippen LogP contribution in [0.4, 0.5) is 0 Å². The first kappa shape index (κ1) is 13.0. The third-order valence-electron chi connectivity index (χ3n) is 3.66. The third-order valence-corrected chi connectivity index (χ3v) is 3.66. The minimum absolute atomic E-state index is 0.333. The van der Waals surface area contributed by atoms with Gasteiger partial charge in [-0.15, -0.1) is 0 Å². The predicted molar refractivity (Wildman–Crippen MR) is 65.0 cm³/mol. The zero-order valence-corrected chi connectivity index (χ0v) is 10.2. The average molecular weight is 213 g/mol. The van der Waals surface area contributed by atoms with Gasteiger partial charge in [0.1, 0.15) is 0 Å². The molecule has 0 radical (unpaired) electrons. The molecule has 0 amide bonds. The number of rotatable bonds is 6. The van der Waals surface area contributed by atoms with E-state index in [1.807, 2.05) is 0 Å². The molecule has 1 aliphatic carbocycles. The Hall–Kier alpha value is -0.0800.